The van der Waals surface area contributed by atoms with Crippen LogP contribution >= 0.6 is 22.7 Å². The van der Waals surface area contributed by atoms with Gasteiger partial charge in [0, 0.05) is 147 Å². The lowest BCUT2D eigenvalue weighted by atomic mass is 9.66. The molecule has 0 saturated carbocycles. The molecule has 520 valence electrons. The highest BCUT2D eigenvalue weighted by molar-refractivity contribution is 7.26. The van der Waals surface area contributed by atoms with Gasteiger partial charge in [0.1, 0.15) is 33.8 Å². The van der Waals surface area contributed by atoms with Gasteiger partial charge in [-0.3, -0.25) is 0 Å². The molecule has 6 nitrogen and oxygen atoms in total. The Labute approximate surface area is 647 Å². The first-order chi connectivity index (χ1) is 55.1. The Balaban J connectivity index is 0.803. The van der Waals surface area contributed by atoms with Crippen molar-refractivity contribution in [2.24, 2.45) is 0 Å². The highest BCUT2D eigenvalue weighted by Gasteiger charge is 2.53. The molecular weight excluding hydrogens is 1390 g/mol. The molecule has 23 rings (SSSR count). The molecule has 0 saturated heterocycles. The zero-order valence-electron chi connectivity index (χ0n) is 59.8. The number of hydrogen-bond acceptors (Lipinski definition) is 8. The molecule has 4 aromatic heterocycles. The van der Waals surface area contributed by atoms with Crippen molar-refractivity contribution < 1.29 is 13.6 Å². The van der Waals surface area contributed by atoms with E-state index in [1.807, 2.05) is 22.7 Å². The van der Waals surface area contributed by atoms with Crippen molar-refractivity contribution in [3.8, 4) is 56.0 Å². The van der Waals surface area contributed by atoms with Crippen LogP contribution in [0.1, 0.15) is 22.3 Å². The summed E-state index contributed by atoms with van der Waals surface area (Å²) < 4.78 is 26.4. The lowest BCUT2D eigenvalue weighted by molar-refractivity contribution is 0.436. The predicted molar refractivity (Wildman–Crippen MR) is 465 cm³/mol. The number of thiophene rings is 2. The summed E-state index contributed by atoms with van der Waals surface area (Å²) in [5.41, 5.74) is 24.6. The Morgan fingerprint density at radius 3 is 1.46 bits per heavy atom. The second-order valence-electron chi connectivity index (χ2n) is 28.9. The normalized spacial score (nSPS) is 13.5. The van der Waals surface area contributed by atoms with Crippen molar-refractivity contribution in [3.63, 3.8) is 0 Å². The Morgan fingerprint density at radius 1 is 0.243 bits per heavy atom. The predicted octanol–water partition coefficient (Wildman–Crippen LogP) is 30.1. The lowest BCUT2D eigenvalue weighted by Gasteiger charge is -2.40. The van der Waals surface area contributed by atoms with E-state index in [1.54, 1.807) is 0 Å². The van der Waals surface area contributed by atoms with E-state index in [-0.39, 0.29) is 0 Å². The molecule has 1 atom stereocenters. The number of rotatable bonds is 12. The van der Waals surface area contributed by atoms with Gasteiger partial charge in [0.05, 0.1) is 16.8 Å². The summed E-state index contributed by atoms with van der Waals surface area (Å²) in [6.45, 7) is 0. The fourth-order valence-corrected chi connectivity index (χ4v) is 20.5. The molecule has 1 aliphatic heterocycles. The van der Waals surface area contributed by atoms with E-state index in [9.17, 15) is 0 Å². The molecule has 1 aliphatic carbocycles. The summed E-state index contributed by atoms with van der Waals surface area (Å²) in [6.07, 6.45) is 0. The van der Waals surface area contributed by atoms with Gasteiger partial charge in [-0.15, -0.1) is 22.7 Å². The van der Waals surface area contributed by atoms with E-state index >= 15 is 0 Å². The number of anilines is 9. The standard InChI is InChI=1S/C103H63N3O3S2/c1-6-28-64(29-7-1)79-59-72(60-80-74-39-17-22-48-91(74)109-101(79)80)106(68-36-14-5-15-37-68)88-46-27-45-87-98(88)83-58-69(104(66-32-10-3-11-33-66)71-61-81-75-40-18-24-50-94(75)111-102(81)82(62-71)77-43-26-42-76-73-38-16-21-47-90(73)108-100(76)77)52-54-84(83)103(87)85-44-20-23-49-92(85)107-93-63-70(53-55-86(93)103)105(67-34-12-4-13-35-67)89-56-57-96-99(78-41-19-25-51-95(78)110-96)97(89)65-30-8-2-9-31-65/h1-63H. The van der Waals surface area contributed by atoms with Crippen LogP contribution in [0.2, 0.25) is 0 Å². The van der Waals surface area contributed by atoms with Crippen LogP contribution in [0.25, 0.3) is 129 Å². The molecule has 1 spiro atoms. The second kappa shape index (κ2) is 25.0. The molecule has 0 amide bonds. The van der Waals surface area contributed by atoms with E-state index in [2.05, 4.69) is 397 Å². The van der Waals surface area contributed by atoms with Gasteiger partial charge in [-0.1, -0.05) is 249 Å². The van der Waals surface area contributed by atoms with Gasteiger partial charge in [0.15, 0.2) is 0 Å². The average molecular weight is 1450 g/mol. The quantitative estimate of drug-likeness (QED) is 0.121. The molecule has 111 heavy (non-hydrogen) atoms. The van der Waals surface area contributed by atoms with Crippen molar-refractivity contribution in [1.29, 1.82) is 0 Å². The molecule has 0 radical (unpaired) electrons. The number of ether oxygens (including phenoxy) is 1. The zero-order valence-corrected chi connectivity index (χ0v) is 61.4. The Kier molecular flexibility index (Phi) is 14.2. The first-order valence-electron chi connectivity index (χ1n) is 37.7. The summed E-state index contributed by atoms with van der Waals surface area (Å²) in [4.78, 5) is 7.39. The zero-order chi connectivity index (χ0) is 72.8. The minimum Gasteiger partial charge on any atom is -0.457 e. The van der Waals surface area contributed by atoms with Crippen LogP contribution in [0.15, 0.2) is 391 Å². The van der Waals surface area contributed by atoms with Crippen LogP contribution in [0.4, 0.5) is 51.2 Å². The van der Waals surface area contributed by atoms with Gasteiger partial charge in [0.25, 0.3) is 0 Å². The first kappa shape index (κ1) is 63.1. The number of furan rings is 2. The van der Waals surface area contributed by atoms with E-state index in [1.165, 1.54) is 45.9 Å². The topological polar surface area (TPSA) is 45.2 Å². The third-order valence-corrected chi connectivity index (χ3v) is 25.2. The van der Waals surface area contributed by atoms with Gasteiger partial charge >= 0.3 is 0 Å². The summed E-state index contributed by atoms with van der Waals surface area (Å²) in [6, 6.07) is 140. The number of benzene rings is 17. The summed E-state index contributed by atoms with van der Waals surface area (Å²) in [7, 11) is 0. The van der Waals surface area contributed by atoms with Crippen molar-refractivity contribution in [1.82, 2.24) is 0 Å². The van der Waals surface area contributed by atoms with Crippen molar-refractivity contribution >= 4 is 158 Å². The highest BCUT2D eigenvalue weighted by Crippen LogP contribution is 2.66. The molecule has 2 aliphatic rings. The third kappa shape index (κ3) is 9.68. The van der Waals surface area contributed by atoms with Crippen molar-refractivity contribution in [2.45, 2.75) is 5.41 Å². The Morgan fingerprint density at radius 2 is 0.739 bits per heavy atom. The molecule has 5 heterocycles. The molecule has 0 N–H and O–H groups in total. The third-order valence-electron chi connectivity index (χ3n) is 22.8. The minimum atomic E-state index is -0.948. The monoisotopic (exact) mass is 1450 g/mol. The number of para-hydroxylation sites is 7. The summed E-state index contributed by atoms with van der Waals surface area (Å²) in [5.74, 6) is 1.55. The number of nitrogens with zero attached hydrogens (tertiary/aromatic N) is 3. The second-order valence-corrected chi connectivity index (χ2v) is 31.0. The number of fused-ring (bicyclic) bond motifs is 21. The molecule has 0 bridgehead atoms. The van der Waals surface area contributed by atoms with Gasteiger partial charge in [-0.25, -0.2) is 0 Å². The van der Waals surface area contributed by atoms with Crippen LogP contribution in [0, 0.1) is 0 Å². The van der Waals surface area contributed by atoms with Gasteiger partial charge in [0.2, 0.25) is 0 Å². The maximum absolute atomic E-state index is 7.60. The van der Waals surface area contributed by atoms with Gasteiger partial charge in [-0.05, 0) is 155 Å². The summed E-state index contributed by atoms with van der Waals surface area (Å²) >= 11 is 3.68. The van der Waals surface area contributed by atoms with Gasteiger partial charge < -0.3 is 28.3 Å². The highest BCUT2D eigenvalue weighted by atomic mass is 32.1. The molecule has 0 fully saturated rings. The lowest BCUT2D eigenvalue weighted by Crippen LogP contribution is -2.32. The van der Waals surface area contributed by atoms with Crippen LogP contribution < -0.4 is 19.4 Å². The molecule has 8 heteroatoms. The average Bonchev–Trinajstić information content (AvgIpc) is 1.53. The fourth-order valence-electron chi connectivity index (χ4n) is 18.2. The van der Waals surface area contributed by atoms with E-state index in [0.29, 0.717) is 0 Å². The van der Waals surface area contributed by atoms with Crippen LogP contribution in [0.3, 0.4) is 0 Å². The van der Waals surface area contributed by atoms with E-state index < -0.39 is 5.41 Å². The Bertz CT molecular complexity index is 7330. The van der Waals surface area contributed by atoms with Crippen LogP contribution in [-0.4, -0.2) is 0 Å². The largest absolute Gasteiger partial charge is 0.457 e. The maximum Gasteiger partial charge on any atom is 0.143 e. The molecule has 17 aromatic carbocycles. The fraction of sp³-hybridized carbons (Fsp3) is 0.00971. The SMILES string of the molecule is c1ccc(-c2cc(N(c3ccccc3)c3cccc4c3-c3cc(N(c5ccccc5)c5cc(-c6cccc7c6oc6ccccc67)c6sc7ccccc7c6c5)ccc3C43c4ccccc4Oc4cc(N(c5ccccc5)c5ccc6sc7ccccc7c6c5-c5ccccc5)ccc43)cc3c2oc2ccccc23)cc1. The first-order valence-corrected chi connectivity index (χ1v) is 39.3. The van der Waals surface area contributed by atoms with Crippen molar-refractivity contribution in [3.05, 3.63) is 404 Å². The maximum atomic E-state index is 7.60. The smallest absolute Gasteiger partial charge is 0.143 e. The molecule has 1 unspecified atom stereocenters. The number of hydrogen-bond donors (Lipinski definition) is 0. The van der Waals surface area contributed by atoms with Crippen LogP contribution in [0.5, 0.6) is 11.5 Å². The molecule has 21 aromatic rings. The summed E-state index contributed by atoms with van der Waals surface area (Å²) in [5, 5.41) is 9.14. The Hall–Kier alpha value is -14.0. The van der Waals surface area contributed by atoms with E-state index in [4.69, 9.17) is 13.6 Å². The van der Waals surface area contributed by atoms with E-state index in [0.717, 1.165) is 168 Å². The van der Waals surface area contributed by atoms with Crippen LogP contribution in [-0.2, 0) is 5.41 Å². The minimum absolute atomic E-state index is 0.766. The van der Waals surface area contributed by atoms with Gasteiger partial charge in [-0.2, -0.15) is 0 Å². The molecular formula is C103H63N3O3S2. The van der Waals surface area contributed by atoms with Crippen molar-refractivity contribution in [2.75, 3.05) is 14.7 Å².